The predicted octanol–water partition coefficient (Wildman–Crippen LogP) is 1.79. The molecule has 3 N–H and O–H groups in total. The van der Waals surface area contributed by atoms with E-state index in [0.29, 0.717) is 0 Å². The van der Waals surface area contributed by atoms with Gasteiger partial charge in [-0.15, -0.1) is 0 Å². The zero-order valence-corrected chi connectivity index (χ0v) is 10.7. The van der Waals surface area contributed by atoms with Crippen molar-refractivity contribution in [2.45, 2.75) is 18.9 Å². The van der Waals surface area contributed by atoms with E-state index in [9.17, 15) is 0 Å². The molecule has 0 bridgehead atoms. The van der Waals surface area contributed by atoms with Gasteiger partial charge < -0.3 is 11.1 Å². The van der Waals surface area contributed by atoms with E-state index in [1.165, 1.54) is 5.56 Å². The third kappa shape index (κ3) is 3.60. The Morgan fingerprint density at radius 1 is 1.28 bits per heavy atom. The first-order valence-electron chi connectivity index (χ1n) is 6.27. The molecule has 0 fully saturated rings. The second kappa shape index (κ2) is 6.21. The molecule has 1 atom stereocenters. The van der Waals surface area contributed by atoms with Gasteiger partial charge in [-0.05, 0) is 18.4 Å². The number of anilines is 1. The van der Waals surface area contributed by atoms with Crippen molar-refractivity contribution in [1.82, 2.24) is 9.78 Å². The fraction of sp³-hybridized carbons (Fsp3) is 0.357. The van der Waals surface area contributed by atoms with Gasteiger partial charge in [0.05, 0.1) is 6.20 Å². The quantitative estimate of drug-likeness (QED) is 0.814. The van der Waals surface area contributed by atoms with Crippen LogP contribution in [0.4, 0.5) is 5.82 Å². The molecule has 1 aromatic carbocycles. The highest BCUT2D eigenvalue weighted by atomic mass is 15.3. The average Bonchev–Trinajstić information content (AvgIpc) is 2.81. The molecular weight excluding hydrogens is 224 g/mol. The lowest BCUT2D eigenvalue weighted by molar-refractivity contribution is 0.633. The fourth-order valence-electron chi connectivity index (χ4n) is 1.88. The van der Waals surface area contributed by atoms with Crippen LogP contribution in [0.1, 0.15) is 12.0 Å². The lowest BCUT2D eigenvalue weighted by Crippen LogP contribution is -2.30. The highest BCUT2D eigenvalue weighted by Crippen LogP contribution is 2.06. The predicted molar refractivity (Wildman–Crippen MR) is 74.4 cm³/mol. The number of aryl methyl sites for hydroxylation is 2. The number of nitrogens with one attached hydrogen (secondary N) is 1. The molecule has 0 aliphatic carbocycles. The van der Waals surface area contributed by atoms with Crippen molar-refractivity contribution < 1.29 is 0 Å². The smallest absolute Gasteiger partial charge is 0.123 e. The van der Waals surface area contributed by atoms with Crippen molar-refractivity contribution in [3.05, 3.63) is 48.2 Å². The number of hydrogen-bond acceptors (Lipinski definition) is 3. The SMILES string of the molecule is Cn1nccc1NCC(N)CCc1ccccc1. The Morgan fingerprint density at radius 2 is 2.06 bits per heavy atom. The number of benzene rings is 1. The van der Waals surface area contributed by atoms with Crippen molar-refractivity contribution in [3.8, 4) is 0 Å². The van der Waals surface area contributed by atoms with Crippen LogP contribution >= 0.6 is 0 Å². The first-order chi connectivity index (χ1) is 8.75. The number of aromatic nitrogens is 2. The van der Waals surface area contributed by atoms with Crippen LogP contribution in [-0.4, -0.2) is 22.4 Å². The lowest BCUT2D eigenvalue weighted by atomic mass is 10.1. The first kappa shape index (κ1) is 12.6. The van der Waals surface area contributed by atoms with Crippen LogP contribution in [0.25, 0.3) is 0 Å². The summed E-state index contributed by atoms with van der Waals surface area (Å²) in [5.74, 6) is 1.00. The zero-order chi connectivity index (χ0) is 12.8. The minimum absolute atomic E-state index is 0.153. The molecule has 0 radical (unpaired) electrons. The molecule has 2 rings (SSSR count). The van der Waals surface area contributed by atoms with E-state index in [4.69, 9.17) is 5.73 Å². The van der Waals surface area contributed by atoms with Crippen molar-refractivity contribution in [2.75, 3.05) is 11.9 Å². The summed E-state index contributed by atoms with van der Waals surface area (Å²) in [5, 5.41) is 7.41. The monoisotopic (exact) mass is 244 g/mol. The van der Waals surface area contributed by atoms with Crippen LogP contribution in [0.15, 0.2) is 42.6 Å². The van der Waals surface area contributed by atoms with Gasteiger partial charge in [0.2, 0.25) is 0 Å². The van der Waals surface area contributed by atoms with Crippen LogP contribution in [0.5, 0.6) is 0 Å². The molecule has 0 saturated heterocycles. The summed E-state index contributed by atoms with van der Waals surface area (Å²) in [4.78, 5) is 0. The van der Waals surface area contributed by atoms with E-state index >= 15 is 0 Å². The van der Waals surface area contributed by atoms with Gasteiger partial charge in [-0.3, -0.25) is 4.68 Å². The molecule has 0 saturated carbocycles. The molecule has 1 aromatic heterocycles. The Kier molecular flexibility index (Phi) is 4.36. The summed E-state index contributed by atoms with van der Waals surface area (Å²) in [7, 11) is 1.91. The lowest BCUT2D eigenvalue weighted by Gasteiger charge is -2.13. The molecule has 2 aromatic rings. The van der Waals surface area contributed by atoms with Gasteiger partial charge in [0.15, 0.2) is 0 Å². The molecule has 0 amide bonds. The topological polar surface area (TPSA) is 55.9 Å². The maximum Gasteiger partial charge on any atom is 0.123 e. The van der Waals surface area contributed by atoms with Crippen molar-refractivity contribution in [1.29, 1.82) is 0 Å². The van der Waals surface area contributed by atoms with Crippen LogP contribution in [0.2, 0.25) is 0 Å². The molecule has 96 valence electrons. The Morgan fingerprint density at radius 3 is 2.72 bits per heavy atom. The van der Waals surface area contributed by atoms with E-state index in [0.717, 1.165) is 25.2 Å². The summed E-state index contributed by atoms with van der Waals surface area (Å²) in [5.41, 5.74) is 7.44. The van der Waals surface area contributed by atoms with Gasteiger partial charge in [0.25, 0.3) is 0 Å². The Balaban J connectivity index is 1.73. The molecule has 18 heavy (non-hydrogen) atoms. The first-order valence-corrected chi connectivity index (χ1v) is 6.27. The standard InChI is InChI=1S/C14H20N4/c1-18-14(9-10-17-18)16-11-13(15)8-7-12-5-3-2-4-6-12/h2-6,9-10,13,16H,7-8,11,15H2,1H3. The van der Waals surface area contributed by atoms with Crippen LogP contribution in [0.3, 0.4) is 0 Å². The van der Waals surface area contributed by atoms with Gasteiger partial charge in [-0.25, -0.2) is 0 Å². The maximum atomic E-state index is 6.10. The zero-order valence-electron chi connectivity index (χ0n) is 10.7. The summed E-state index contributed by atoms with van der Waals surface area (Å²) >= 11 is 0. The van der Waals surface area contributed by atoms with Gasteiger partial charge in [0.1, 0.15) is 5.82 Å². The van der Waals surface area contributed by atoms with Gasteiger partial charge in [-0.2, -0.15) is 5.10 Å². The van der Waals surface area contributed by atoms with E-state index in [1.807, 2.05) is 23.9 Å². The van der Waals surface area contributed by atoms with Gasteiger partial charge in [0, 0.05) is 25.7 Å². The summed E-state index contributed by atoms with van der Waals surface area (Å²) in [6, 6.07) is 12.5. The Bertz CT molecular complexity index is 464. The van der Waals surface area contributed by atoms with Gasteiger partial charge >= 0.3 is 0 Å². The normalized spacial score (nSPS) is 12.3. The van der Waals surface area contributed by atoms with E-state index in [-0.39, 0.29) is 6.04 Å². The number of rotatable bonds is 6. The molecule has 4 heteroatoms. The second-order valence-corrected chi connectivity index (χ2v) is 4.51. The fourth-order valence-corrected chi connectivity index (χ4v) is 1.88. The third-order valence-corrected chi connectivity index (χ3v) is 3.01. The molecule has 0 aliphatic rings. The van der Waals surface area contributed by atoms with Crippen molar-refractivity contribution in [2.24, 2.45) is 12.8 Å². The Labute approximate surface area is 108 Å². The van der Waals surface area contributed by atoms with Crippen molar-refractivity contribution >= 4 is 5.82 Å². The summed E-state index contributed by atoms with van der Waals surface area (Å²) in [6.07, 6.45) is 3.78. The largest absolute Gasteiger partial charge is 0.369 e. The van der Waals surface area contributed by atoms with Gasteiger partial charge in [-0.1, -0.05) is 30.3 Å². The number of nitrogens with zero attached hydrogens (tertiary/aromatic N) is 2. The molecule has 1 heterocycles. The molecule has 0 spiro atoms. The van der Waals surface area contributed by atoms with E-state index < -0.39 is 0 Å². The number of hydrogen-bond donors (Lipinski definition) is 2. The molecule has 4 nitrogen and oxygen atoms in total. The average molecular weight is 244 g/mol. The Hall–Kier alpha value is -1.81. The van der Waals surface area contributed by atoms with Crippen molar-refractivity contribution in [3.63, 3.8) is 0 Å². The minimum atomic E-state index is 0.153. The maximum absolute atomic E-state index is 6.10. The van der Waals surface area contributed by atoms with Crippen LogP contribution in [0, 0.1) is 0 Å². The van der Waals surface area contributed by atoms with E-state index in [2.05, 4.69) is 34.7 Å². The second-order valence-electron chi connectivity index (χ2n) is 4.51. The van der Waals surface area contributed by atoms with Crippen LogP contribution in [-0.2, 0) is 13.5 Å². The van der Waals surface area contributed by atoms with E-state index in [1.54, 1.807) is 6.20 Å². The molecular formula is C14H20N4. The molecule has 0 aliphatic heterocycles. The minimum Gasteiger partial charge on any atom is -0.369 e. The third-order valence-electron chi connectivity index (χ3n) is 3.01. The number of nitrogens with two attached hydrogens (primary N) is 1. The molecule has 1 unspecified atom stereocenters. The highest BCUT2D eigenvalue weighted by Gasteiger charge is 2.04. The summed E-state index contributed by atoms with van der Waals surface area (Å²) < 4.78 is 1.81. The highest BCUT2D eigenvalue weighted by molar-refractivity contribution is 5.33. The van der Waals surface area contributed by atoms with Crippen LogP contribution < -0.4 is 11.1 Å². The summed E-state index contributed by atoms with van der Waals surface area (Å²) in [6.45, 7) is 0.770.